The number of aryl methyl sites for hydroxylation is 1. The number of hydrogen-bond donors (Lipinski definition) is 1. The summed E-state index contributed by atoms with van der Waals surface area (Å²) in [4.78, 5) is 49.1. The number of amides is 3. The second-order valence-corrected chi connectivity index (χ2v) is 11.6. The zero-order valence-corrected chi connectivity index (χ0v) is 24.2. The number of primary amides is 1. The van der Waals surface area contributed by atoms with Crippen LogP contribution in [0.4, 0.5) is 5.69 Å². The summed E-state index contributed by atoms with van der Waals surface area (Å²) in [6.07, 6.45) is -1.13. The summed E-state index contributed by atoms with van der Waals surface area (Å²) in [5, 5.41) is 5.39. The van der Waals surface area contributed by atoms with Gasteiger partial charge in [-0.15, -0.1) is 0 Å². The molecule has 3 amide bonds. The molecule has 7 rings (SSSR count). The smallest absolute Gasteiger partial charge is 0.265 e. The topological polar surface area (TPSA) is 92.9 Å². The Bertz CT molecular complexity index is 1840. The van der Waals surface area contributed by atoms with Gasteiger partial charge >= 0.3 is 0 Å². The minimum Gasteiger partial charge on any atom is -0.368 e. The molecular formula is C34H26BrN3O4. The van der Waals surface area contributed by atoms with E-state index in [1.807, 2.05) is 54.6 Å². The molecule has 8 heteroatoms. The number of nitrogens with zero attached hydrogens (tertiary/aromatic N) is 2. The van der Waals surface area contributed by atoms with Crippen LogP contribution in [-0.4, -0.2) is 28.9 Å². The fraction of sp³-hybridized carbons (Fsp3) is 0.147. The predicted molar refractivity (Wildman–Crippen MR) is 164 cm³/mol. The minimum absolute atomic E-state index is 0.384. The molecule has 2 aliphatic rings. The van der Waals surface area contributed by atoms with Gasteiger partial charge in [-0.2, -0.15) is 5.06 Å². The zero-order valence-electron chi connectivity index (χ0n) is 22.6. The van der Waals surface area contributed by atoms with E-state index in [1.165, 1.54) is 9.96 Å². The third kappa shape index (κ3) is 3.98. The summed E-state index contributed by atoms with van der Waals surface area (Å²) >= 11 is 3.42. The Morgan fingerprint density at radius 2 is 1.33 bits per heavy atom. The molecule has 2 heterocycles. The first kappa shape index (κ1) is 26.5. The fourth-order valence-electron chi connectivity index (χ4n) is 6.58. The van der Waals surface area contributed by atoms with E-state index in [9.17, 15) is 14.4 Å². The predicted octanol–water partition coefficient (Wildman–Crippen LogP) is 6.14. The molecule has 5 aromatic carbocycles. The minimum atomic E-state index is -1.13. The lowest BCUT2D eigenvalue weighted by Gasteiger charge is -2.33. The third-order valence-electron chi connectivity index (χ3n) is 8.41. The molecule has 0 aromatic heterocycles. The van der Waals surface area contributed by atoms with Crippen molar-refractivity contribution in [2.75, 3.05) is 4.90 Å². The number of carbonyl (C=O) groups is 3. The van der Waals surface area contributed by atoms with Gasteiger partial charge in [0.2, 0.25) is 11.8 Å². The standard InChI is InChI=1S/C34H26BrN3O4/c1-19-23-11-5-7-13-25(23)27(26-14-8-6-12-24(19)26)30-28-31(34(41)37(33(28)40)22-17-15-21(35)16-18-22)42-38(30)29(32(36)39)20-9-3-2-4-10-20/h2-18,28-31H,1H3,(H2,36,39). The number of imide groups is 1. The number of benzene rings is 5. The Balaban J connectivity index is 1.50. The lowest BCUT2D eigenvalue weighted by atomic mass is 9.82. The molecule has 7 nitrogen and oxygen atoms in total. The Morgan fingerprint density at radius 1 is 0.786 bits per heavy atom. The monoisotopic (exact) mass is 619 g/mol. The maximum atomic E-state index is 14.4. The normalized spacial score (nSPS) is 21.3. The lowest BCUT2D eigenvalue weighted by Crippen LogP contribution is -2.42. The van der Waals surface area contributed by atoms with Gasteiger partial charge in [0, 0.05) is 4.47 Å². The number of hydroxylamine groups is 2. The number of rotatable bonds is 5. The summed E-state index contributed by atoms with van der Waals surface area (Å²) in [7, 11) is 0. The number of halogens is 1. The van der Waals surface area contributed by atoms with Crippen LogP contribution in [0, 0.1) is 12.8 Å². The first-order valence-corrected chi connectivity index (χ1v) is 14.5. The molecule has 4 atom stereocenters. The molecule has 0 aliphatic carbocycles. The molecule has 208 valence electrons. The van der Waals surface area contributed by atoms with E-state index >= 15 is 0 Å². The van der Waals surface area contributed by atoms with Crippen molar-refractivity contribution in [3.05, 3.63) is 124 Å². The second-order valence-electron chi connectivity index (χ2n) is 10.7. The summed E-state index contributed by atoms with van der Waals surface area (Å²) in [5.74, 6) is -2.42. The number of fused-ring (bicyclic) bond motifs is 3. The first-order chi connectivity index (χ1) is 20.4. The highest BCUT2D eigenvalue weighted by molar-refractivity contribution is 9.10. The summed E-state index contributed by atoms with van der Waals surface area (Å²) in [5.41, 5.74) is 9.04. The van der Waals surface area contributed by atoms with Gasteiger partial charge in [0.1, 0.15) is 6.04 Å². The molecule has 2 aliphatic heterocycles. The van der Waals surface area contributed by atoms with E-state index in [2.05, 4.69) is 35.0 Å². The molecule has 4 unspecified atom stereocenters. The van der Waals surface area contributed by atoms with Crippen LogP contribution in [0.2, 0.25) is 0 Å². The van der Waals surface area contributed by atoms with Gasteiger partial charge in [0.05, 0.1) is 17.6 Å². The summed E-state index contributed by atoms with van der Waals surface area (Å²) in [6, 6.07) is 30.3. The van der Waals surface area contributed by atoms with Gasteiger partial charge in [-0.05, 0) is 69.4 Å². The highest BCUT2D eigenvalue weighted by Crippen LogP contribution is 2.52. The first-order valence-electron chi connectivity index (χ1n) is 13.7. The van der Waals surface area contributed by atoms with Gasteiger partial charge in [-0.1, -0.05) is 94.8 Å². The Labute approximate surface area is 250 Å². The van der Waals surface area contributed by atoms with Crippen molar-refractivity contribution in [1.82, 2.24) is 5.06 Å². The largest absolute Gasteiger partial charge is 0.368 e. The molecule has 2 saturated heterocycles. The van der Waals surface area contributed by atoms with Crippen LogP contribution in [0.5, 0.6) is 0 Å². The van der Waals surface area contributed by atoms with E-state index in [1.54, 1.807) is 36.4 Å². The van der Waals surface area contributed by atoms with Gasteiger partial charge in [-0.3, -0.25) is 19.2 Å². The van der Waals surface area contributed by atoms with E-state index in [-0.39, 0.29) is 5.91 Å². The maximum absolute atomic E-state index is 14.4. The molecule has 0 bridgehead atoms. The Morgan fingerprint density at radius 3 is 1.90 bits per heavy atom. The zero-order chi connectivity index (χ0) is 29.1. The number of carbonyl (C=O) groups excluding carboxylic acids is 3. The third-order valence-corrected chi connectivity index (χ3v) is 8.94. The molecule has 0 spiro atoms. The highest BCUT2D eigenvalue weighted by Gasteiger charge is 2.62. The lowest BCUT2D eigenvalue weighted by molar-refractivity contribution is -0.196. The van der Waals surface area contributed by atoms with E-state index < -0.39 is 35.9 Å². The van der Waals surface area contributed by atoms with Crippen molar-refractivity contribution < 1.29 is 19.2 Å². The highest BCUT2D eigenvalue weighted by atomic mass is 79.9. The Hall–Kier alpha value is -4.37. The number of nitrogens with two attached hydrogens (primary N) is 1. The van der Waals surface area contributed by atoms with Crippen LogP contribution in [0.1, 0.15) is 28.8 Å². The molecule has 5 aromatic rings. The van der Waals surface area contributed by atoms with Crippen LogP contribution >= 0.6 is 15.9 Å². The van der Waals surface area contributed by atoms with Gasteiger partial charge in [0.25, 0.3) is 5.91 Å². The molecule has 0 radical (unpaired) electrons. The van der Waals surface area contributed by atoms with Crippen molar-refractivity contribution in [2.45, 2.75) is 25.1 Å². The summed E-state index contributed by atoms with van der Waals surface area (Å²) < 4.78 is 0.829. The van der Waals surface area contributed by atoms with Crippen molar-refractivity contribution >= 4 is 60.9 Å². The van der Waals surface area contributed by atoms with E-state index in [4.69, 9.17) is 10.6 Å². The van der Waals surface area contributed by atoms with Crippen LogP contribution < -0.4 is 10.6 Å². The van der Waals surface area contributed by atoms with Crippen molar-refractivity contribution in [3.63, 3.8) is 0 Å². The molecule has 2 N–H and O–H groups in total. The van der Waals surface area contributed by atoms with Gasteiger partial charge in [-0.25, -0.2) is 4.90 Å². The van der Waals surface area contributed by atoms with Gasteiger partial charge in [0.15, 0.2) is 6.10 Å². The van der Waals surface area contributed by atoms with Crippen molar-refractivity contribution in [3.8, 4) is 0 Å². The van der Waals surface area contributed by atoms with Gasteiger partial charge < -0.3 is 5.73 Å². The fourth-order valence-corrected chi connectivity index (χ4v) is 6.84. The van der Waals surface area contributed by atoms with Crippen molar-refractivity contribution in [1.29, 1.82) is 0 Å². The molecule has 42 heavy (non-hydrogen) atoms. The van der Waals surface area contributed by atoms with Crippen LogP contribution in [-0.2, 0) is 19.2 Å². The Kier molecular flexibility index (Phi) is 6.42. The summed E-state index contributed by atoms with van der Waals surface area (Å²) in [6.45, 7) is 2.08. The van der Waals surface area contributed by atoms with Crippen LogP contribution in [0.25, 0.3) is 21.5 Å². The average Bonchev–Trinajstić information content (AvgIpc) is 3.49. The molecule has 0 saturated carbocycles. The van der Waals surface area contributed by atoms with Crippen LogP contribution in [0.3, 0.4) is 0 Å². The number of hydrogen-bond acceptors (Lipinski definition) is 5. The number of anilines is 1. The van der Waals surface area contributed by atoms with Crippen LogP contribution in [0.15, 0.2) is 108 Å². The average molecular weight is 621 g/mol. The van der Waals surface area contributed by atoms with E-state index in [0.29, 0.717) is 11.3 Å². The molecular weight excluding hydrogens is 594 g/mol. The second kappa shape index (κ2) is 10.2. The maximum Gasteiger partial charge on any atom is 0.265 e. The quantitative estimate of drug-likeness (QED) is 0.188. The SMILES string of the molecule is Cc1c2ccccc2c(C2C3C(=O)N(c4ccc(Br)cc4)C(=O)C3ON2C(C(N)=O)c2ccccc2)c2ccccc12. The molecule has 2 fully saturated rings. The van der Waals surface area contributed by atoms with E-state index in [0.717, 1.165) is 37.1 Å². The van der Waals surface area contributed by atoms with Crippen molar-refractivity contribution in [2.24, 2.45) is 11.7 Å².